The maximum Gasteiger partial charge on any atom is 0.319 e. The number of amides is 2. The number of urea groups is 1. The van der Waals surface area contributed by atoms with Gasteiger partial charge in [-0.05, 0) is 50.4 Å². The Morgan fingerprint density at radius 3 is 3.22 bits per heavy atom. The SMILES string of the molecule is CN(C)CCn1cc(NC(=O)NC2CCCc3sccc32)cn1. The van der Waals surface area contributed by atoms with Crippen LogP contribution in [-0.4, -0.2) is 41.4 Å². The summed E-state index contributed by atoms with van der Waals surface area (Å²) >= 11 is 1.78. The lowest BCUT2D eigenvalue weighted by Gasteiger charge is -2.23. The first-order valence-corrected chi connectivity index (χ1v) is 8.81. The average molecular weight is 333 g/mol. The average Bonchev–Trinajstić information content (AvgIpc) is 3.14. The molecule has 6 nitrogen and oxygen atoms in total. The zero-order valence-corrected chi connectivity index (χ0v) is 14.4. The van der Waals surface area contributed by atoms with Gasteiger partial charge in [0.25, 0.3) is 0 Å². The van der Waals surface area contributed by atoms with E-state index in [1.165, 1.54) is 10.4 Å². The van der Waals surface area contributed by atoms with Gasteiger partial charge < -0.3 is 15.5 Å². The third kappa shape index (κ3) is 4.11. The van der Waals surface area contributed by atoms with Gasteiger partial charge in [0.05, 0.1) is 24.5 Å². The van der Waals surface area contributed by atoms with Crippen LogP contribution in [0.3, 0.4) is 0 Å². The molecule has 2 amide bonds. The second-order valence-electron chi connectivity index (χ2n) is 6.14. The molecule has 2 aromatic rings. The summed E-state index contributed by atoms with van der Waals surface area (Å²) < 4.78 is 1.84. The molecule has 2 N–H and O–H groups in total. The van der Waals surface area contributed by atoms with Gasteiger partial charge in [-0.2, -0.15) is 5.10 Å². The number of nitrogens with one attached hydrogen (secondary N) is 2. The van der Waals surface area contributed by atoms with Crippen LogP contribution in [0.4, 0.5) is 10.5 Å². The number of likely N-dealkylation sites (N-methyl/N-ethyl adjacent to an activating group) is 1. The van der Waals surface area contributed by atoms with E-state index in [1.54, 1.807) is 17.5 Å². The number of hydrogen-bond donors (Lipinski definition) is 2. The van der Waals surface area contributed by atoms with Gasteiger partial charge in [-0.3, -0.25) is 4.68 Å². The van der Waals surface area contributed by atoms with Crippen LogP contribution in [0.1, 0.15) is 29.3 Å². The third-order valence-corrected chi connectivity index (χ3v) is 5.02. The van der Waals surface area contributed by atoms with E-state index in [9.17, 15) is 4.79 Å². The molecule has 0 bridgehead atoms. The molecule has 0 aliphatic heterocycles. The first-order chi connectivity index (χ1) is 11.1. The summed E-state index contributed by atoms with van der Waals surface area (Å²) in [6.07, 6.45) is 6.80. The molecule has 1 aliphatic rings. The minimum absolute atomic E-state index is 0.119. The van der Waals surface area contributed by atoms with E-state index < -0.39 is 0 Å². The Kier molecular flexibility index (Phi) is 4.97. The van der Waals surface area contributed by atoms with E-state index in [2.05, 4.69) is 32.1 Å². The standard InChI is InChI=1S/C16H23N5OS/c1-20(2)7-8-21-11-12(10-17-21)18-16(22)19-14-4-3-5-15-13(14)6-9-23-15/h6,9-11,14H,3-5,7-8H2,1-2H3,(H2,18,19,22). The van der Waals surface area contributed by atoms with Crippen molar-refractivity contribution in [1.82, 2.24) is 20.0 Å². The molecule has 0 fully saturated rings. The Bertz CT molecular complexity index is 663. The number of aryl methyl sites for hydroxylation is 1. The molecule has 0 spiro atoms. The summed E-state index contributed by atoms with van der Waals surface area (Å²) in [5, 5.41) is 12.3. The highest BCUT2D eigenvalue weighted by Gasteiger charge is 2.22. The minimum atomic E-state index is -0.166. The predicted octanol–water partition coefficient (Wildman–Crippen LogP) is 2.71. The molecule has 7 heteroatoms. The largest absolute Gasteiger partial charge is 0.331 e. The summed E-state index contributed by atoms with van der Waals surface area (Å²) in [4.78, 5) is 15.7. The van der Waals surface area contributed by atoms with Gasteiger partial charge in [0.1, 0.15) is 0 Å². The Morgan fingerprint density at radius 2 is 2.39 bits per heavy atom. The van der Waals surface area contributed by atoms with E-state index in [4.69, 9.17) is 0 Å². The van der Waals surface area contributed by atoms with Crippen LogP contribution < -0.4 is 10.6 Å². The van der Waals surface area contributed by atoms with Gasteiger partial charge in [0, 0.05) is 17.6 Å². The summed E-state index contributed by atoms with van der Waals surface area (Å²) in [7, 11) is 4.05. The monoisotopic (exact) mass is 333 g/mol. The highest BCUT2D eigenvalue weighted by molar-refractivity contribution is 7.10. The maximum atomic E-state index is 12.2. The topological polar surface area (TPSA) is 62.2 Å². The zero-order chi connectivity index (χ0) is 16.2. The summed E-state index contributed by atoms with van der Waals surface area (Å²) in [6.45, 7) is 1.72. The van der Waals surface area contributed by atoms with Gasteiger partial charge in [-0.1, -0.05) is 0 Å². The van der Waals surface area contributed by atoms with Crippen molar-refractivity contribution in [3.8, 4) is 0 Å². The van der Waals surface area contributed by atoms with Crippen LogP contribution in [0.5, 0.6) is 0 Å². The predicted molar refractivity (Wildman–Crippen MR) is 92.9 cm³/mol. The molecular formula is C16H23N5OS. The van der Waals surface area contributed by atoms with E-state index in [-0.39, 0.29) is 12.1 Å². The second kappa shape index (κ2) is 7.14. The van der Waals surface area contributed by atoms with Crippen LogP contribution >= 0.6 is 11.3 Å². The number of thiophene rings is 1. The Labute approximate surface area is 140 Å². The van der Waals surface area contributed by atoms with Crippen LogP contribution in [-0.2, 0) is 13.0 Å². The van der Waals surface area contributed by atoms with Gasteiger partial charge in [-0.15, -0.1) is 11.3 Å². The smallest absolute Gasteiger partial charge is 0.319 e. The van der Waals surface area contributed by atoms with Crippen LogP contribution in [0.25, 0.3) is 0 Å². The summed E-state index contributed by atoms with van der Waals surface area (Å²) in [5.74, 6) is 0. The molecule has 124 valence electrons. The fourth-order valence-corrected chi connectivity index (χ4v) is 3.80. The fraction of sp³-hybridized carbons (Fsp3) is 0.500. The molecular weight excluding hydrogens is 310 g/mol. The first kappa shape index (κ1) is 16.0. The number of carbonyl (C=O) groups is 1. The number of nitrogens with zero attached hydrogens (tertiary/aromatic N) is 3. The molecule has 2 heterocycles. The maximum absolute atomic E-state index is 12.2. The van der Waals surface area contributed by atoms with Crippen molar-refractivity contribution in [2.75, 3.05) is 26.0 Å². The molecule has 2 aromatic heterocycles. The molecule has 1 aliphatic carbocycles. The molecule has 3 rings (SSSR count). The van der Waals surface area contributed by atoms with E-state index in [0.717, 1.165) is 38.0 Å². The molecule has 0 saturated heterocycles. The summed E-state index contributed by atoms with van der Waals surface area (Å²) in [6, 6.07) is 2.08. The Morgan fingerprint density at radius 1 is 1.52 bits per heavy atom. The van der Waals surface area contributed by atoms with Crippen molar-refractivity contribution in [1.29, 1.82) is 0 Å². The molecule has 1 unspecified atom stereocenters. The number of anilines is 1. The second-order valence-corrected chi connectivity index (χ2v) is 7.14. The van der Waals surface area contributed by atoms with Crippen molar-refractivity contribution in [2.45, 2.75) is 31.8 Å². The van der Waals surface area contributed by atoms with Crippen molar-refractivity contribution >= 4 is 23.1 Å². The Balaban J connectivity index is 1.54. The molecule has 0 aromatic carbocycles. The fourth-order valence-electron chi connectivity index (χ4n) is 2.81. The number of rotatable bonds is 5. The lowest BCUT2D eigenvalue weighted by molar-refractivity contribution is 0.247. The zero-order valence-electron chi connectivity index (χ0n) is 13.6. The van der Waals surface area contributed by atoms with Gasteiger partial charge in [-0.25, -0.2) is 4.79 Å². The van der Waals surface area contributed by atoms with Crippen molar-refractivity contribution in [2.24, 2.45) is 0 Å². The lowest BCUT2D eigenvalue weighted by Crippen LogP contribution is -2.33. The highest BCUT2D eigenvalue weighted by atomic mass is 32.1. The molecule has 1 atom stereocenters. The first-order valence-electron chi connectivity index (χ1n) is 7.93. The van der Waals surface area contributed by atoms with Crippen molar-refractivity contribution in [3.63, 3.8) is 0 Å². The third-order valence-electron chi connectivity index (χ3n) is 4.02. The van der Waals surface area contributed by atoms with Gasteiger partial charge in [0.2, 0.25) is 0 Å². The van der Waals surface area contributed by atoms with E-state index >= 15 is 0 Å². The number of fused-ring (bicyclic) bond motifs is 1. The van der Waals surface area contributed by atoms with Crippen LogP contribution in [0.15, 0.2) is 23.8 Å². The summed E-state index contributed by atoms with van der Waals surface area (Å²) in [5.41, 5.74) is 2.00. The normalized spacial score (nSPS) is 17.1. The van der Waals surface area contributed by atoms with E-state index in [0.29, 0.717) is 0 Å². The quantitative estimate of drug-likeness (QED) is 0.884. The van der Waals surface area contributed by atoms with Crippen molar-refractivity contribution < 1.29 is 4.79 Å². The molecule has 0 radical (unpaired) electrons. The molecule has 0 saturated carbocycles. The van der Waals surface area contributed by atoms with Crippen LogP contribution in [0.2, 0.25) is 0 Å². The number of carbonyl (C=O) groups excluding carboxylic acids is 1. The van der Waals surface area contributed by atoms with Crippen LogP contribution in [0, 0.1) is 0 Å². The molecule has 23 heavy (non-hydrogen) atoms. The van der Waals surface area contributed by atoms with E-state index in [1.807, 2.05) is 25.0 Å². The van der Waals surface area contributed by atoms with Gasteiger partial charge in [0.15, 0.2) is 0 Å². The lowest BCUT2D eigenvalue weighted by atomic mass is 9.94. The van der Waals surface area contributed by atoms with Gasteiger partial charge >= 0.3 is 6.03 Å². The highest BCUT2D eigenvalue weighted by Crippen LogP contribution is 2.33. The Hall–Kier alpha value is -1.86. The number of hydrogen-bond acceptors (Lipinski definition) is 4. The number of aromatic nitrogens is 2. The van der Waals surface area contributed by atoms with Crippen molar-refractivity contribution in [3.05, 3.63) is 34.3 Å². The minimum Gasteiger partial charge on any atom is -0.331 e.